The quantitative estimate of drug-likeness (QED) is 0.317. The molecule has 0 bridgehead atoms. The molecule has 3 fully saturated rings. The molecule has 0 unspecified atom stereocenters. The van der Waals surface area contributed by atoms with Crippen LogP contribution in [0.4, 0.5) is 0 Å². The van der Waals surface area contributed by atoms with Gasteiger partial charge in [0.05, 0.1) is 18.0 Å². The number of carbonyl (C=O) groups is 4. The van der Waals surface area contributed by atoms with Gasteiger partial charge in [-0.05, 0) is 38.6 Å². The molecule has 2 amide bonds. The number of carboxylic acid groups (broad SMARTS) is 1. The number of carboxylic acids is 1. The summed E-state index contributed by atoms with van der Waals surface area (Å²) in [6.45, 7) is 7.42. The smallest absolute Gasteiger partial charge is 0.353 e. The van der Waals surface area contributed by atoms with Crippen molar-refractivity contribution in [1.82, 2.24) is 15.1 Å². The topological polar surface area (TPSA) is 159 Å². The van der Waals surface area contributed by atoms with Crippen LogP contribution in [-0.2, 0) is 19.2 Å². The van der Waals surface area contributed by atoms with Crippen LogP contribution in [0.5, 0.6) is 0 Å². The van der Waals surface area contributed by atoms with Crippen LogP contribution < -0.4 is 16.8 Å². The molecule has 0 saturated carbocycles. The number of likely N-dealkylation sites (tertiary alicyclic amines) is 1. The van der Waals surface area contributed by atoms with Gasteiger partial charge in [-0.15, -0.1) is 11.8 Å². The first-order valence-electron chi connectivity index (χ1n) is 13.0. The Hall–Kier alpha value is -1.95. The average molecular weight is 522 g/mol. The van der Waals surface area contributed by atoms with Gasteiger partial charge in [-0.2, -0.15) is 0 Å². The van der Waals surface area contributed by atoms with Gasteiger partial charge in [0.1, 0.15) is 11.5 Å². The van der Waals surface area contributed by atoms with E-state index in [4.69, 9.17) is 11.5 Å². The van der Waals surface area contributed by atoms with Crippen LogP contribution in [0.2, 0.25) is 0 Å². The van der Waals surface area contributed by atoms with E-state index in [1.807, 2.05) is 25.7 Å². The number of hydrogen-bond donors (Lipinski definition) is 4. The van der Waals surface area contributed by atoms with Gasteiger partial charge >= 0.3 is 5.97 Å². The second-order valence-corrected chi connectivity index (χ2v) is 12.2. The Morgan fingerprint density at radius 1 is 1.25 bits per heavy atom. The standard InChI is InChI=1S/C25H39N5O5S/c1-12(8-16(31)4-6-26)19-20-14(3)22(21(25(34)35)30(20)24(19)33)36-17-10-18(28-11-17)23(32)29-7-5-15(27)9-13(29)2/h12-15,17-20,28H,4-11,26-27H2,1-3H3,(H,34,35)/t12-,13-,14+,15-,17-,18-,19+,20+/m0/s1. The molecule has 36 heavy (non-hydrogen) atoms. The Bertz CT molecular complexity index is 957. The molecule has 4 aliphatic rings. The van der Waals surface area contributed by atoms with Gasteiger partial charge in [0.2, 0.25) is 11.8 Å². The second-order valence-electron chi connectivity index (χ2n) is 10.9. The predicted octanol–water partition coefficient (Wildman–Crippen LogP) is 0.505. The number of piperidine rings is 1. The minimum Gasteiger partial charge on any atom is -0.477 e. The SMILES string of the molecule is C[C@@H](CC(=O)CCN)[C@H]1C(=O)N2C(C(=O)O)=C(S[C@@H]3CN[C@H](C(=O)N4CC[C@H](N)C[C@@H]4C)C3)[C@H](C)[C@H]12. The van der Waals surface area contributed by atoms with E-state index in [2.05, 4.69) is 5.32 Å². The molecule has 10 nitrogen and oxygen atoms in total. The number of fused-ring (bicyclic) bond motifs is 1. The highest BCUT2D eigenvalue weighted by molar-refractivity contribution is 8.03. The maximum absolute atomic E-state index is 13.2. The Morgan fingerprint density at radius 3 is 2.61 bits per heavy atom. The van der Waals surface area contributed by atoms with Gasteiger partial charge < -0.3 is 31.7 Å². The first-order chi connectivity index (χ1) is 17.0. The fourth-order valence-electron chi connectivity index (χ4n) is 6.41. The largest absolute Gasteiger partial charge is 0.477 e. The van der Waals surface area contributed by atoms with Crippen LogP contribution >= 0.6 is 11.8 Å². The van der Waals surface area contributed by atoms with Crippen LogP contribution in [0.1, 0.15) is 52.9 Å². The summed E-state index contributed by atoms with van der Waals surface area (Å²) < 4.78 is 0. The van der Waals surface area contributed by atoms with E-state index >= 15 is 0 Å². The number of nitrogens with zero attached hydrogens (tertiary/aromatic N) is 2. The summed E-state index contributed by atoms with van der Waals surface area (Å²) >= 11 is 1.48. The Labute approximate surface area is 216 Å². The molecule has 3 saturated heterocycles. The summed E-state index contributed by atoms with van der Waals surface area (Å²) in [5.74, 6) is -1.91. The number of aliphatic carboxylic acids is 1. The molecule has 0 radical (unpaired) electrons. The third kappa shape index (κ3) is 4.94. The van der Waals surface area contributed by atoms with Gasteiger partial charge in [0.15, 0.2) is 0 Å². The molecule has 8 atom stereocenters. The molecule has 0 aromatic carbocycles. The average Bonchev–Trinajstić information content (AvgIpc) is 3.35. The minimum atomic E-state index is -1.11. The number of carbonyl (C=O) groups excluding carboxylic acids is 3. The lowest BCUT2D eigenvalue weighted by Crippen LogP contribution is -2.62. The summed E-state index contributed by atoms with van der Waals surface area (Å²) in [6.07, 6.45) is 2.76. The number of nitrogens with one attached hydrogen (secondary N) is 1. The molecular formula is C25H39N5O5S. The minimum absolute atomic E-state index is 0.0284. The van der Waals surface area contributed by atoms with E-state index in [-0.39, 0.29) is 89.9 Å². The first kappa shape index (κ1) is 27.1. The molecule has 4 aliphatic heterocycles. The third-order valence-corrected chi connectivity index (χ3v) is 9.77. The molecule has 4 rings (SSSR count). The maximum atomic E-state index is 13.2. The Balaban J connectivity index is 1.42. The normalized spacial score (nSPS) is 35.0. The molecule has 11 heteroatoms. The summed E-state index contributed by atoms with van der Waals surface area (Å²) in [4.78, 5) is 54.6. The van der Waals surface area contributed by atoms with Crippen LogP contribution in [0.3, 0.4) is 0 Å². The predicted molar refractivity (Wildman–Crippen MR) is 137 cm³/mol. The van der Waals surface area contributed by atoms with Gasteiger partial charge in [0, 0.05) is 54.1 Å². The van der Waals surface area contributed by atoms with Crippen LogP contribution in [0, 0.1) is 17.8 Å². The molecule has 4 heterocycles. The number of thioether (sulfide) groups is 1. The van der Waals surface area contributed by atoms with Gasteiger partial charge in [0.25, 0.3) is 0 Å². The first-order valence-corrected chi connectivity index (χ1v) is 13.9. The maximum Gasteiger partial charge on any atom is 0.353 e. The van der Waals surface area contributed by atoms with Crippen molar-refractivity contribution in [2.45, 2.75) is 82.3 Å². The van der Waals surface area contributed by atoms with Crippen molar-refractivity contribution < 1.29 is 24.3 Å². The van der Waals surface area contributed by atoms with E-state index in [9.17, 15) is 24.3 Å². The van der Waals surface area contributed by atoms with E-state index in [0.717, 1.165) is 12.8 Å². The van der Waals surface area contributed by atoms with Gasteiger partial charge in [-0.1, -0.05) is 13.8 Å². The van der Waals surface area contributed by atoms with Crippen molar-refractivity contribution >= 4 is 35.3 Å². The zero-order valence-corrected chi connectivity index (χ0v) is 22.1. The lowest BCUT2D eigenvalue weighted by Gasteiger charge is -2.47. The van der Waals surface area contributed by atoms with Gasteiger partial charge in [-0.3, -0.25) is 14.4 Å². The fraction of sp³-hybridized carbons (Fsp3) is 0.760. The number of hydrogen-bond acceptors (Lipinski definition) is 8. The zero-order chi connectivity index (χ0) is 26.3. The number of β-lactam (4-membered cyclic amide) rings is 1. The Morgan fingerprint density at radius 2 is 1.97 bits per heavy atom. The third-order valence-electron chi connectivity index (χ3n) is 8.26. The van der Waals surface area contributed by atoms with Crippen LogP contribution in [0.25, 0.3) is 0 Å². The molecule has 0 aromatic rings. The summed E-state index contributed by atoms with van der Waals surface area (Å²) in [5, 5.41) is 13.4. The Kier molecular flexibility index (Phi) is 8.13. The van der Waals surface area contributed by atoms with Crippen molar-refractivity contribution in [1.29, 1.82) is 0 Å². The summed E-state index contributed by atoms with van der Waals surface area (Å²) in [7, 11) is 0. The summed E-state index contributed by atoms with van der Waals surface area (Å²) in [5.41, 5.74) is 11.6. The number of ketones is 1. The summed E-state index contributed by atoms with van der Waals surface area (Å²) in [6, 6.07) is -0.314. The zero-order valence-electron chi connectivity index (χ0n) is 21.3. The van der Waals surface area contributed by atoms with Crippen molar-refractivity contribution in [3.63, 3.8) is 0 Å². The van der Waals surface area contributed by atoms with Crippen molar-refractivity contribution in [3.8, 4) is 0 Å². The second kappa shape index (κ2) is 10.8. The van der Waals surface area contributed by atoms with Crippen molar-refractivity contribution in [2.75, 3.05) is 19.6 Å². The molecule has 0 aromatic heterocycles. The number of amides is 2. The number of Topliss-reactive ketones (excluding diaryl/α,β-unsaturated/α-hetero) is 1. The molecule has 0 aliphatic carbocycles. The van der Waals surface area contributed by atoms with E-state index in [1.54, 1.807) is 0 Å². The monoisotopic (exact) mass is 521 g/mol. The lowest BCUT2D eigenvalue weighted by atomic mass is 9.73. The van der Waals surface area contributed by atoms with Crippen LogP contribution in [0.15, 0.2) is 10.6 Å². The number of nitrogens with two attached hydrogens (primary N) is 2. The van der Waals surface area contributed by atoms with E-state index in [0.29, 0.717) is 24.4 Å². The highest BCUT2D eigenvalue weighted by atomic mass is 32.2. The molecule has 0 spiro atoms. The fourth-order valence-corrected chi connectivity index (χ4v) is 7.89. The van der Waals surface area contributed by atoms with Crippen LogP contribution in [-0.4, -0.2) is 87.5 Å². The van der Waals surface area contributed by atoms with Crippen molar-refractivity contribution in [2.24, 2.45) is 29.2 Å². The molecule has 200 valence electrons. The molecule has 6 N–H and O–H groups in total. The van der Waals surface area contributed by atoms with Crippen molar-refractivity contribution in [3.05, 3.63) is 10.6 Å². The van der Waals surface area contributed by atoms with E-state index < -0.39 is 5.97 Å². The van der Waals surface area contributed by atoms with E-state index in [1.165, 1.54) is 16.7 Å². The lowest BCUT2D eigenvalue weighted by molar-refractivity contribution is -0.160. The molecular weight excluding hydrogens is 482 g/mol. The van der Waals surface area contributed by atoms with Gasteiger partial charge in [-0.25, -0.2) is 4.79 Å². The number of rotatable bonds is 9. The highest BCUT2D eigenvalue weighted by Gasteiger charge is 2.60. The highest BCUT2D eigenvalue weighted by Crippen LogP contribution is 2.53.